The summed E-state index contributed by atoms with van der Waals surface area (Å²) in [6.45, 7) is 2.06. The first-order chi connectivity index (χ1) is 6.77. The lowest BCUT2D eigenvalue weighted by Gasteiger charge is -2.08. The minimum absolute atomic E-state index is 0.161. The topological polar surface area (TPSA) is 54.7 Å². The number of hydrogen-bond donors (Lipinski definition) is 2. The number of hydrogen-bond acceptors (Lipinski definition) is 2. The molecule has 0 fully saturated rings. The van der Waals surface area contributed by atoms with E-state index in [9.17, 15) is 0 Å². The molecule has 0 saturated carbocycles. The van der Waals surface area contributed by atoms with Crippen molar-refractivity contribution in [2.45, 2.75) is 13.0 Å². The molecule has 3 nitrogen and oxygen atoms in total. The van der Waals surface area contributed by atoms with Gasteiger partial charge in [-0.2, -0.15) is 0 Å². The van der Waals surface area contributed by atoms with E-state index < -0.39 is 0 Å². The van der Waals surface area contributed by atoms with Gasteiger partial charge < -0.3 is 10.7 Å². The van der Waals surface area contributed by atoms with Crippen LogP contribution in [0, 0.1) is 6.92 Å². The molecule has 1 heterocycles. The van der Waals surface area contributed by atoms with Crippen LogP contribution in [-0.4, -0.2) is 9.97 Å². The molecule has 0 spiro atoms. The number of nitrogens with zero attached hydrogens (tertiary/aromatic N) is 1. The lowest BCUT2D eigenvalue weighted by molar-refractivity contribution is 0.800. The second-order valence-corrected chi connectivity index (χ2v) is 3.36. The molecule has 0 aliphatic heterocycles. The highest BCUT2D eigenvalue weighted by molar-refractivity contribution is 5.27. The van der Waals surface area contributed by atoms with Crippen LogP contribution in [0.1, 0.15) is 23.0 Å². The van der Waals surface area contributed by atoms with Gasteiger partial charge >= 0.3 is 0 Å². The van der Waals surface area contributed by atoms with E-state index >= 15 is 0 Å². The average Bonchev–Trinajstić information content (AvgIpc) is 2.71. The van der Waals surface area contributed by atoms with E-state index in [1.165, 1.54) is 5.56 Å². The molecule has 1 unspecified atom stereocenters. The van der Waals surface area contributed by atoms with Gasteiger partial charge in [0.05, 0.1) is 6.04 Å². The van der Waals surface area contributed by atoms with Crippen molar-refractivity contribution < 1.29 is 0 Å². The molecular weight excluding hydrogens is 174 g/mol. The number of rotatable bonds is 2. The highest BCUT2D eigenvalue weighted by Crippen LogP contribution is 2.16. The van der Waals surface area contributed by atoms with E-state index in [1.54, 1.807) is 12.4 Å². The van der Waals surface area contributed by atoms with Crippen molar-refractivity contribution in [3.05, 3.63) is 53.6 Å². The summed E-state index contributed by atoms with van der Waals surface area (Å²) in [5.74, 6) is 0.800. The molecule has 14 heavy (non-hydrogen) atoms. The maximum absolute atomic E-state index is 6.02. The highest BCUT2D eigenvalue weighted by atomic mass is 14.9. The molecule has 3 heteroatoms. The first-order valence-corrected chi connectivity index (χ1v) is 4.59. The fraction of sp³-hybridized carbons (Fsp3) is 0.182. The molecule has 3 N–H and O–H groups in total. The summed E-state index contributed by atoms with van der Waals surface area (Å²) < 4.78 is 0. The first kappa shape index (κ1) is 8.97. The average molecular weight is 187 g/mol. The molecule has 0 bridgehead atoms. The van der Waals surface area contributed by atoms with E-state index in [2.05, 4.69) is 29.0 Å². The van der Waals surface area contributed by atoms with E-state index in [0.29, 0.717) is 0 Å². The largest absolute Gasteiger partial charge is 0.347 e. The number of aryl methyl sites for hydroxylation is 1. The Kier molecular flexibility index (Phi) is 2.33. The summed E-state index contributed by atoms with van der Waals surface area (Å²) in [5, 5.41) is 0. The summed E-state index contributed by atoms with van der Waals surface area (Å²) in [6, 6.07) is 8.01. The molecule has 0 aliphatic carbocycles. The zero-order valence-corrected chi connectivity index (χ0v) is 8.07. The van der Waals surface area contributed by atoms with Gasteiger partial charge in [0.1, 0.15) is 5.82 Å². The molecule has 1 aromatic carbocycles. The Hall–Kier alpha value is -1.61. The van der Waals surface area contributed by atoms with Gasteiger partial charge in [-0.1, -0.05) is 29.8 Å². The van der Waals surface area contributed by atoms with Crippen LogP contribution >= 0.6 is 0 Å². The number of benzene rings is 1. The number of aromatic nitrogens is 2. The lowest BCUT2D eigenvalue weighted by atomic mass is 10.1. The Bertz CT molecular complexity index is 389. The maximum atomic E-state index is 6.02. The van der Waals surface area contributed by atoms with Crippen LogP contribution in [0.5, 0.6) is 0 Å². The van der Waals surface area contributed by atoms with Crippen LogP contribution in [0.3, 0.4) is 0 Å². The highest BCUT2D eigenvalue weighted by Gasteiger charge is 2.09. The standard InChI is InChI=1S/C11H13N3/c1-8-2-4-9(5-3-8)10(12)11-13-6-7-14-11/h2-7,10H,12H2,1H3,(H,13,14). The fourth-order valence-corrected chi connectivity index (χ4v) is 1.38. The predicted octanol–water partition coefficient (Wildman–Crippen LogP) is 1.77. The molecule has 2 rings (SSSR count). The van der Waals surface area contributed by atoms with Gasteiger partial charge in [-0.3, -0.25) is 0 Å². The zero-order valence-electron chi connectivity index (χ0n) is 8.07. The first-order valence-electron chi connectivity index (χ1n) is 4.59. The minimum atomic E-state index is -0.161. The molecule has 0 radical (unpaired) electrons. The van der Waals surface area contributed by atoms with Gasteiger partial charge in [-0.05, 0) is 12.5 Å². The van der Waals surface area contributed by atoms with Crippen LogP contribution in [-0.2, 0) is 0 Å². The van der Waals surface area contributed by atoms with E-state index in [1.807, 2.05) is 12.1 Å². The normalized spacial score (nSPS) is 12.7. The van der Waals surface area contributed by atoms with Gasteiger partial charge in [0, 0.05) is 12.4 Å². The Morgan fingerprint density at radius 3 is 2.57 bits per heavy atom. The molecule has 72 valence electrons. The summed E-state index contributed by atoms with van der Waals surface area (Å²) in [5.41, 5.74) is 8.33. The number of aromatic amines is 1. The van der Waals surface area contributed by atoms with Crippen molar-refractivity contribution in [1.29, 1.82) is 0 Å². The molecule has 2 aromatic rings. The van der Waals surface area contributed by atoms with Gasteiger partial charge in [-0.25, -0.2) is 4.98 Å². The third kappa shape index (κ3) is 1.67. The van der Waals surface area contributed by atoms with Gasteiger partial charge in [-0.15, -0.1) is 0 Å². The van der Waals surface area contributed by atoms with Crippen molar-refractivity contribution in [1.82, 2.24) is 9.97 Å². The molecular formula is C11H13N3. The zero-order chi connectivity index (χ0) is 9.97. The van der Waals surface area contributed by atoms with Crippen LogP contribution in [0.4, 0.5) is 0 Å². The Morgan fingerprint density at radius 1 is 1.29 bits per heavy atom. The Morgan fingerprint density at radius 2 is 2.00 bits per heavy atom. The minimum Gasteiger partial charge on any atom is -0.347 e. The van der Waals surface area contributed by atoms with E-state index in [-0.39, 0.29) is 6.04 Å². The molecule has 0 amide bonds. The number of imidazole rings is 1. The second-order valence-electron chi connectivity index (χ2n) is 3.36. The quantitative estimate of drug-likeness (QED) is 0.752. The fourth-order valence-electron chi connectivity index (χ4n) is 1.38. The summed E-state index contributed by atoms with van der Waals surface area (Å²) in [6.07, 6.45) is 3.49. The smallest absolute Gasteiger partial charge is 0.127 e. The van der Waals surface area contributed by atoms with Gasteiger partial charge in [0.25, 0.3) is 0 Å². The monoisotopic (exact) mass is 187 g/mol. The number of nitrogens with one attached hydrogen (secondary N) is 1. The van der Waals surface area contributed by atoms with Crippen LogP contribution in [0.15, 0.2) is 36.7 Å². The van der Waals surface area contributed by atoms with Crippen molar-refractivity contribution in [2.24, 2.45) is 5.73 Å². The number of H-pyrrole nitrogens is 1. The summed E-state index contributed by atoms with van der Waals surface area (Å²) in [4.78, 5) is 7.15. The van der Waals surface area contributed by atoms with Crippen LogP contribution < -0.4 is 5.73 Å². The van der Waals surface area contributed by atoms with Gasteiger partial charge in [0.15, 0.2) is 0 Å². The van der Waals surface area contributed by atoms with Crippen LogP contribution in [0.25, 0.3) is 0 Å². The SMILES string of the molecule is Cc1ccc(C(N)c2ncc[nH]2)cc1. The number of nitrogens with two attached hydrogens (primary N) is 1. The maximum Gasteiger partial charge on any atom is 0.127 e. The Labute approximate surface area is 83.0 Å². The van der Waals surface area contributed by atoms with E-state index in [0.717, 1.165) is 11.4 Å². The lowest BCUT2D eigenvalue weighted by Crippen LogP contribution is -2.13. The Balaban J connectivity index is 2.28. The molecule has 1 aromatic heterocycles. The summed E-state index contributed by atoms with van der Waals surface area (Å²) >= 11 is 0. The summed E-state index contributed by atoms with van der Waals surface area (Å²) in [7, 11) is 0. The predicted molar refractivity (Wildman–Crippen MR) is 55.8 cm³/mol. The third-order valence-corrected chi connectivity index (χ3v) is 2.25. The molecule has 0 saturated heterocycles. The van der Waals surface area contributed by atoms with Crippen LogP contribution in [0.2, 0.25) is 0 Å². The van der Waals surface area contributed by atoms with Crippen molar-refractivity contribution in [3.63, 3.8) is 0 Å². The van der Waals surface area contributed by atoms with Crippen molar-refractivity contribution >= 4 is 0 Å². The van der Waals surface area contributed by atoms with Crippen molar-refractivity contribution in [3.8, 4) is 0 Å². The van der Waals surface area contributed by atoms with Crippen molar-refractivity contribution in [2.75, 3.05) is 0 Å². The van der Waals surface area contributed by atoms with E-state index in [4.69, 9.17) is 5.73 Å². The van der Waals surface area contributed by atoms with Gasteiger partial charge in [0.2, 0.25) is 0 Å². The third-order valence-electron chi connectivity index (χ3n) is 2.25. The molecule has 1 atom stereocenters. The second kappa shape index (κ2) is 3.64. The molecule has 0 aliphatic rings.